The number of nitrogens with two attached hydrogens (primary N) is 1. The van der Waals surface area contributed by atoms with Crippen LogP contribution in [0.4, 0.5) is 0 Å². The Morgan fingerprint density at radius 1 is 1.28 bits per heavy atom. The number of thioether (sulfide) groups is 1. The predicted octanol–water partition coefficient (Wildman–Crippen LogP) is 2.71. The van der Waals surface area contributed by atoms with Crippen molar-refractivity contribution in [1.29, 1.82) is 5.41 Å². The van der Waals surface area contributed by atoms with Crippen LogP contribution >= 0.6 is 23.4 Å². The molecular formula is C12H11ClN4S. The van der Waals surface area contributed by atoms with Crippen molar-refractivity contribution in [2.75, 3.05) is 0 Å². The zero-order chi connectivity index (χ0) is 13.0. The van der Waals surface area contributed by atoms with Gasteiger partial charge in [0.05, 0.1) is 0 Å². The van der Waals surface area contributed by atoms with Gasteiger partial charge in [-0.25, -0.2) is 9.97 Å². The number of rotatable bonds is 4. The second-order valence-electron chi connectivity index (χ2n) is 3.50. The van der Waals surface area contributed by atoms with Crippen LogP contribution in [0.1, 0.15) is 11.3 Å². The van der Waals surface area contributed by atoms with Crippen LogP contribution in [0.15, 0.2) is 41.7 Å². The van der Waals surface area contributed by atoms with E-state index in [9.17, 15) is 0 Å². The lowest BCUT2D eigenvalue weighted by atomic mass is 10.2. The maximum absolute atomic E-state index is 7.44. The van der Waals surface area contributed by atoms with Gasteiger partial charge < -0.3 is 5.73 Å². The van der Waals surface area contributed by atoms with Gasteiger partial charge in [-0.2, -0.15) is 0 Å². The van der Waals surface area contributed by atoms with E-state index in [4.69, 9.17) is 22.7 Å². The quantitative estimate of drug-likeness (QED) is 0.512. The van der Waals surface area contributed by atoms with Gasteiger partial charge in [0.15, 0.2) is 0 Å². The van der Waals surface area contributed by atoms with Gasteiger partial charge in [0.1, 0.15) is 16.6 Å². The van der Waals surface area contributed by atoms with E-state index in [-0.39, 0.29) is 5.84 Å². The Kier molecular flexibility index (Phi) is 4.17. The number of nitrogens with zero attached hydrogens (tertiary/aromatic N) is 2. The van der Waals surface area contributed by atoms with E-state index in [1.807, 2.05) is 24.3 Å². The zero-order valence-electron chi connectivity index (χ0n) is 9.43. The lowest BCUT2D eigenvalue weighted by molar-refractivity contribution is 1.03. The van der Waals surface area contributed by atoms with Gasteiger partial charge in [-0.05, 0) is 11.6 Å². The summed E-state index contributed by atoms with van der Waals surface area (Å²) in [5.74, 6) is 0.586. The van der Waals surface area contributed by atoms with Crippen LogP contribution in [0.3, 0.4) is 0 Å². The molecule has 2 rings (SSSR count). The van der Waals surface area contributed by atoms with Gasteiger partial charge in [-0.3, -0.25) is 5.41 Å². The minimum absolute atomic E-state index is 0.0789. The first-order chi connectivity index (χ1) is 8.68. The summed E-state index contributed by atoms with van der Waals surface area (Å²) in [6, 6.07) is 7.63. The lowest BCUT2D eigenvalue weighted by Gasteiger charge is -2.06. The van der Waals surface area contributed by atoms with Crippen molar-refractivity contribution in [3.63, 3.8) is 0 Å². The molecule has 1 aromatic carbocycles. The molecule has 0 spiro atoms. The average molecular weight is 279 g/mol. The summed E-state index contributed by atoms with van der Waals surface area (Å²) < 4.78 is 0. The first-order valence-electron chi connectivity index (χ1n) is 5.20. The summed E-state index contributed by atoms with van der Waals surface area (Å²) in [4.78, 5) is 8.23. The van der Waals surface area contributed by atoms with E-state index in [1.165, 1.54) is 18.0 Å². The van der Waals surface area contributed by atoms with Crippen molar-refractivity contribution in [2.24, 2.45) is 5.73 Å². The third kappa shape index (κ3) is 3.00. The van der Waals surface area contributed by atoms with Gasteiger partial charge in [-0.1, -0.05) is 41.6 Å². The van der Waals surface area contributed by atoms with Crippen LogP contribution in [0.2, 0.25) is 5.02 Å². The van der Waals surface area contributed by atoms with E-state index in [0.29, 0.717) is 16.5 Å². The SMILES string of the molecule is N=C(N)c1nccnc1SCc1ccccc1Cl. The van der Waals surface area contributed by atoms with Crippen LogP contribution in [0.5, 0.6) is 0 Å². The van der Waals surface area contributed by atoms with Gasteiger partial charge in [0.25, 0.3) is 0 Å². The summed E-state index contributed by atoms with van der Waals surface area (Å²) in [5, 5.41) is 8.80. The molecule has 4 nitrogen and oxygen atoms in total. The fourth-order valence-corrected chi connectivity index (χ4v) is 2.64. The summed E-state index contributed by atoms with van der Waals surface area (Å²) in [7, 11) is 0. The molecule has 0 saturated heterocycles. The number of hydrogen-bond donors (Lipinski definition) is 2. The highest BCUT2D eigenvalue weighted by atomic mass is 35.5. The molecule has 6 heteroatoms. The molecule has 1 heterocycles. The highest BCUT2D eigenvalue weighted by molar-refractivity contribution is 7.98. The number of aromatic nitrogens is 2. The van der Waals surface area contributed by atoms with Crippen molar-refractivity contribution in [3.05, 3.63) is 52.9 Å². The Labute approximate surface area is 114 Å². The summed E-state index contributed by atoms with van der Waals surface area (Å²) in [6.07, 6.45) is 3.11. The van der Waals surface area contributed by atoms with Crippen LogP contribution in [0, 0.1) is 5.41 Å². The van der Waals surface area contributed by atoms with Crippen LogP contribution in [0.25, 0.3) is 0 Å². The highest BCUT2D eigenvalue weighted by Gasteiger charge is 2.09. The molecule has 0 unspecified atom stereocenters. The molecule has 2 aromatic rings. The standard InChI is InChI=1S/C12H11ClN4S/c13-9-4-2-1-3-8(9)7-18-12-10(11(14)15)16-5-6-17-12/h1-6H,7H2,(H3,14,15). The monoisotopic (exact) mass is 278 g/mol. The number of hydrogen-bond acceptors (Lipinski definition) is 4. The smallest absolute Gasteiger partial charge is 0.144 e. The van der Waals surface area contributed by atoms with Crippen molar-refractivity contribution < 1.29 is 0 Å². The zero-order valence-corrected chi connectivity index (χ0v) is 11.0. The third-order valence-corrected chi connectivity index (χ3v) is 3.64. The topological polar surface area (TPSA) is 75.7 Å². The number of halogens is 1. The fraction of sp³-hybridized carbons (Fsp3) is 0.0833. The maximum atomic E-state index is 7.44. The molecule has 0 aliphatic carbocycles. The Morgan fingerprint density at radius 3 is 2.72 bits per heavy atom. The van der Waals surface area contributed by atoms with Gasteiger partial charge in [0, 0.05) is 23.2 Å². The van der Waals surface area contributed by atoms with Crippen molar-refractivity contribution in [1.82, 2.24) is 9.97 Å². The molecule has 3 N–H and O–H groups in total. The van der Waals surface area contributed by atoms with Crippen molar-refractivity contribution in [3.8, 4) is 0 Å². The number of nitrogen functional groups attached to an aromatic ring is 1. The van der Waals surface area contributed by atoms with Crippen LogP contribution in [-0.2, 0) is 5.75 Å². The molecule has 0 amide bonds. The Balaban J connectivity index is 2.16. The third-order valence-electron chi connectivity index (χ3n) is 2.24. The molecule has 0 aliphatic heterocycles. The lowest BCUT2D eigenvalue weighted by Crippen LogP contribution is -2.15. The maximum Gasteiger partial charge on any atom is 0.144 e. The Hall–Kier alpha value is -1.59. The first-order valence-corrected chi connectivity index (χ1v) is 6.56. The van der Waals surface area contributed by atoms with Crippen molar-refractivity contribution in [2.45, 2.75) is 10.8 Å². The summed E-state index contributed by atoms with van der Waals surface area (Å²) >= 11 is 7.54. The average Bonchev–Trinajstić information content (AvgIpc) is 2.38. The molecular weight excluding hydrogens is 268 g/mol. The summed E-state index contributed by atoms with van der Waals surface area (Å²) in [6.45, 7) is 0. The molecule has 18 heavy (non-hydrogen) atoms. The minimum atomic E-state index is -0.0789. The molecule has 0 aliphatic rings. The molecule has 1 aromatic heterocycles. The van der Waals surface area contributed by atoms with Crippen LogP contribution < -0.4 is 5.73 Å². The van der Waals surface area contributed by atoms with E-state index < -0.39 is 0 Å². The Bertz CT molecular complexity index is 574. The molecule has 0 saturated carbocycles. The van der Waals surface area contributed by atoms with Gasteiger partial charge in [0.2, 0.25) is 0 Å². The predicted molar refractivity (Wildman–Crippen MR) is 74.1 cm³/mol. The number of amidine groups is 1. The second kappa shape index (κ2) is 5.84. The van der Waals surface area contributed by atoms with Gasteiger partial charge >= 0.3 is 0 Å². The van der Waals surface area contributed by atoms with E-state index in [1.54, 1.807) is 6.20 Å². The molecule has 0 fully saturated rings. The van der Waals surface area contributed by atoms with E-state index >= 15 is 0 Å². The molecule has 92 valence electrons. The van der Waals surface area contributed by atoms with Crippen molar-refractivity contribution >= 4 is 29.2 Å². The van der Waals surface area contributed by atoms with E-state index in [2.05, 4.69) is 9.97 Å². The largest absolute Gasteiger partial charge is 0.382 e. The Morgan fingerprint density at radius 2 is 2.00 bits per heavy atom. The first kappa shape index (κ1) is 12.9. The number of nitrogens with one attached hydrogen (secondary N) is 1. The van der Waals surface area contributed by atoms with Gasteiger partial charge in [-0.15, -0.1) is 0 Å². The normalized spacial score (nSPS) is 10.3. The van der Waals surface area contributed by atoms with Crippen LogP contribution in [-0.4, -0.2) is 15.8 Å². The minimum Gasteiger partial charge on any atom is -0.382 e. The molecule has 0 radical (unpaired) electrons. The molecule has 0 bridgehead atoms. The molecule has 0 atom stereocenters. The highest BCUT2D eigenvalue weighted by Crippen LogP contribution is 2.26. The second-order valence-corrected chi connectivity index (χ2v) is 4.88. The summed E-state index contributed by atoms with van der Waals surface area (Å²) in [5.41, 5.74) is 6.88. The number of benzene rings is 1. The van der Waals surface area contributed by atoms with E-state index in [0.717, 1.165) is 10.6 Å². The fourth-order valence-electron chi connectivity index (χ4n) is 1.38.